The summed E-state index contributed by atoms with van der Waals surface area (Å²) in [6, 6.07) is 150. The molecule has 0 spiro atoms. The predicted molar refractivity (Wildman–Crippen MR) is 494 cm³/mol. The van der Waals surface area contributed by atoms with Crippen LogP contribution >= 0.6 is 0 Å². The van der Waals surface area contributed by atoms with Gasteiger partial charge in [-0.25, -0.2) is 0 Å². The number of fused-ring (bicyclic) bond motifs is 3. The van der Waals surface area contributed by atoms with Crippen LogP contribution in [-0.2, 0) is 0 Å². The number of anilines is 15. The van der Waals surface area contributed by atoms with Gasteiger partial charge in [0.2, 0.25) is 0 Å². The smallest absolute Gasteiger partial charge is 0.271 e. The van der Waals surface area contributed by atoms with Crippen LogP contribution in [0.2, 0.25) is 0 Å². The molecule has 0 N–H and O–H groups in total. The van der Waals surface area contributed by atoms with Gasteiger partial charge in [-0.2, -0.15) is 5.26 Å². The molecule has 0 aromatic heterocycles. The van der Waals surface area contributed by atoms with Crippen molar-refractivity contribution in [2.45, 2.75) is 0 Å². The average Bonchev–Trinajstić information content (AvgIpc) is 0.781. The first kappa shape index (κ1) is 76.8. The van der Waals surface area contributed by atoms with Crippen LogP contribution in [-0.4, -0.2) is 31.0 Å². The highest BCUT2D eigenvalue weighted by Crippen LogP contribution is 2.46. The molecule has 13 nitrogen and oxygen atoms in total. The second-order valence-electron chi connectivity index (χ2n) is 28.7. The van der Waals surface area contributed by atoms with E-state index in [9.17, 15) is 20.2 Å². The maximum atomic E-state index is 11.3. The van der Waals surface area contributed by atoms with E-state index in [-0.39, 0.29) is 21.2 Å². The number of hydrogen-bond donors (Lipinski definition) is 0. The minimum absolute atomic E-state index is 0.0707. The third-order valence-electron chi connectivity index (χ3n) is 21.4. The maximum absolute atomic E-state index is 11.3. The molecule has 574 valence electrons. The molecule has 0 unspecified atom stereocenters. The molecule has 0 amide bonds. The summed E-state index contributed by atoms with van der Waals surface area (Å²) in [4.78, 5) is 34.6. The van der Waals surface area contributed by atoms with Crippen molar-refractivity contribution in [2.24, 2.45) is 0 Å². The summed E-state index contributed by atoms with van der Waals surface area (Å²) in [5, 5.41) is 38.6. The quantitative estimate of drug-likeness (QED) is 0.0534. The Hall–Kier alpha value is -16.2. The lowest BCUT2D eigenvalue weighted by atomic mass is 10.0. The summed E-state index contributed by atoms with van der Waals surface area (Å²) < 4.78 is 0. The second-order valence-corrected chi connectivity index (χ2v) is 28.7. The van der Waals surface area contributed by atoms with Gasteiger partial charge in [0.25, 0.3) is 11.4 Å². The highest BCUT2D eigenvalue weighted by atomic mass is 16.6. The molecular formula is C106H81N9O4. The van der Waals surface area contributed by atoms with E-state index in [1.807, 2.05) is 91.6 Å². The van der Waals surface area contributed by atoms with Gasteiger partial charge in [0.15, 0.2) is 0 Å². The van der Waals surface area contributed by atoms with Crippen molar-refractivity contribution in [3.05, 3.63) is 463 Å². The fraction of sp³-hybridized carbons (Fsp3) is 0.0283. The number of nitrogens with zero attached hydrogens (tertiary/aromatic N) is 9. The average molecular weight is 1540 g/mol. The van der Waals surface area contributed by atoms with E-state index in [0.29, 0.717) is 5.56 Å². The van der Waals surface area contributed by atoms with Crippen LogP contribution in [0.15, 0.2) is 437 Å². The number of rotatable bonds is 20. The van der Waals surface area contributed by atoms with Crippen molar-refractivity contribution >= 4 is 129 Å². The third-order valence-corrected chi connectivity index (χ3v) is 21.4. The number of nitro groups is 2. The molecule has 18 rings (SSSR count). The molecule has 18 aromatic rings. The standard InChI is InChI=1S/C36H27N3.2C35H27N3O2/c1-38(31-19-17-27(26-37)18-20-31)32-21-23-33(24-22-32)39(36-16-8-12-29-11-5-6-15-35(29)36)34-14-7-13-30(25-34)28-9-3-2-4-10-28;1-36(31-15-9-17-33(25-31)38(39)40)29-20-22-30(23-21-29)37(35-19-8-13-27-12-5-6-18-34(27)35)32-16-7-14-28(24-32)26-10-3-2-4-11-26;1-36(30-19-23-32(24-20-30)38(39)40)29-17-21-31(22-18-29)37(35-16-8-12-27-11-5-6-15-34(27)35)33-14-7-13-28(25-33)26-9-3-2-4-10-26/h2-25H,1H3;2*2-25H,1H3. The van der Waals surface area contributed by atoms with Crippen molar-refractivity contribution < 1.29 is 9.85 Å². The minimum Gasteiger partial charge on any atom is -0.345 e. The van der Waals surface area contributed by atoms with Gasteiger partial charge in [0.05, 0.1) is 38.5 Å². The molecule has 0 radical (unpaired) electrons. The molecule has 0 aliphatic rings. The molecule has 0 aliphatic carbocycles. The summed E-state index contributed by atoms with van der Waals surface area (Å²) in [6.07, 6.45) is 0. The van der Waals surface area contributed by atoms with Crippen molar-refractivity contribution in [2.75, 3.05) is 50.5 Å². The summed E-state index contributed by atoms with van der Waals surface area (Å²) in [6.45, 7) is 0. The van der Waals surface area contributed by atoms with Crippen molar-refractivity contribution in [3.8, 4) is 39.4 Å². The molecular weight excluding hydrogens is 1460 g/mol. The van der Waals surface area contributed by atoms with Gasteiger partial charge >= 0.3 is 0 Å². The highest BCUT2D eigenvalue weighted by molar-refractivity contribution is 6.02. The first-order valence-electron chi connectivity index (χ1n) is 39.2. The van der Waals surface area contributed by atoms with Gasteiger partial charge in [-0.3, -0.25) is 20.2 Å². The van der Waals surface area contributed by atoms with Gasteiger partial charge in [-0.05, 0) is 219 Å². The topological polar surface area (TPSA) is 130 Å². The lowest BCUT2D eigenvalue weighted by Crippen LogP contribution is -2.12. The van der Waals surface area contributed by atoms with Crippen molar-refractivity contribution in [3.63, 3.8) is 0 Å². The fourth-order valence-electron chi connectivity index (χ4n) is 15.2. The van der Waals surface area contributed by atoms with Crippen LogP contribution < -0.4 is 29.4 Å². The number of nitriles is 1. The zero-order chi connectivity index (χ0) is 81.6. The lowest BCUT2D eigenvalue weighted by Gasteiger charge is -2.28. The SMILES string of the molecule is CN(c1ccc(C#N)cc1)c1ccc(N(c2cccc(-c3ccccc3)c2)c2cccc3ccccc23)cc1.CN(c1ccc(N(c2cccc(-c3ccccc3)c2)c2cccc3ccccc23)cc1)c1ccc([N+](=O)[O-])cc1.CN(c1ccc(N(c2cccc(-c3ccccc3)c2)c2cccc3ccccc23)cc1)c1cccc([N+](=O)[O-])c1. The minimum atomic E-state index is -0.382. The molecule has 18 aromatic carbocycles. The van der Waals surface area contributed by atoms with Gasteiger partial charge < -0.3 is 29.4 Å². The summed E-state index contributed by atoms with van der Waals surface area (Å²) in [7, 11) is 5.92. The van der Waals surface area contributed by atoms with Crippen LogP contribution in [0, 0.1) is 31.6 Å². The molecule has 0 atom stereocenters. The van der Waals surface area contributed by atoms with Crippen LogP contribution in [0.1, 0.15) is 5.56 Å². The third kappa shape index (κ3) is 17.2. The Morgan fingerprint density at radius 1 is 0.227 bits per heavy atom. The van der Waals surface area contributed by atoms with Gasteiger partial charge in [-0.1, -0.05) is 243 Å². The van der Waals surface area contributed by atoms with E-state index in [0.717, 1.165) is 107 Å². The van der Waals surface area contributed by atoms with E-state index in [1.54, 1.807) is 24.3 Å². The van der Waals surface area contributed by atoms with E-state index < -0.39 is 0 Å². The fourth-order valence-corrected chi connectivity index (χ4v) is 15.2. The molecule has 0 aliphatic heterocycles. The molecule has 0 saturated carbocycles. The number of nitro benzene ring substituents is 2. The Balaban J connectivity index is 0.000000133. The first-order chi connectivity index (χ1) is 58.4. The van der Waals surface area contributed by atoms with Crippen LogP contribution in [0.25, 0.3) is 65.7 Å². The Kier molecular flexibility index (Phi) is 22.9. The number of hydrogen-bond acceptors (Lipinski definition) is 11. The first-order valence-corrected chi connectivity index (χ1v) is 39.2. The largest absolute Gasteiger partial charge is 0.345 e. The molecule has 119 heavy (non-hydrogen) atoms. The van der Waals surface area contributed by atoms with Crippen LogP contribution in [0.3, 0.4) is 0 Å². The molecule has 13 heteroatoms. The summed E-state index contributed by atoms with van der Waals surface area (Å²) >= 11 is 0. The predicted octanol–water partition coefficient (Wildman–Crippen LogP) is 28.9. The Morgan fingerprint density at radius 3 is 0.807 bits per heavy atom. The number of benzene rings is 18. The zero-order valence-corrected chi connectivity index (χ0v) is 65.7. The van der Waals surface area contributed by atoms with Crippen molar-refractivity contribution in [1.29, 1.82) is 5.26 Å². The normalized spacial score (nSPS) is 10.8. The summed E-state index contributed by atoms with van der Waals surface area (Å²) in [5.41, 5.74) is 23.1. The Bertz CT molecular complexity index is 6620. The van der Waals surface area contributed by atoms with E-state index in [1.165, 1.54) is 61.8 Å². The van der Waals surface area contributed by atoms with Gasteiger partial charge in [0, 0.05) is 130 Å². The Labute approximate surface area is 692 Å². The van der Waals surface area contributed by atoms with E-state index in [4.69, 9.17) is 5.26 Å². The molecule has 0 heterocycles. The van der Waals surface area contributed by atoms with Crippen molar-refractivity contribution in [1.82, 2.24) is 0 Å². The van der Waals surface area contributed by atoms with Gasteiger partial charge in [0.1, 0.15) is 0 Å². The lowest BCUT2D eigenvalue weighted by molar-refractivity contribution is -0.385. The second kappa shape index (κ2) is 35.5. The molecule has 0 fully saturated rings. The van der Waals surface area contributed by atoms with Crippen LogP contribution in [0.5, 0.6) is 0 Å². The van der Waals surface area contributed by atoms with E-state index in [2.05, 4.69) is 359 Å². The maximum Gasteiger partial charge on any atom is 0.271 e. The highest BCUT2D eigenvalue weighted by Gasteiger charge is 2.22. The van der Waals surface area contributed by atoms with Crippen LogP contribution in [0.4, 0.5) is 96.7 Å². The molecule has 0 saturated heterocycles. The zero-order valence-electron chi connectivity index (χ0n) is 65.7. The molecule has 0 bridgehead atoms. The number of non-ortho nitro benzene ring substituents is 2. The van der Waals surface area contributed by atoms with E-state index >= 15 is 0 Å². The monoisotopic (exact) mass is 1540 g/mol. The van der Waals surface area contributed by atoms with Gasteiger partial charge in [-0.15, -0.1) is 0 Å². The summed E-state index contributed by atoms with van der Waals surface area (Å²) in [5.74, 6) is 0. The Morgan fingerprint density at radius 2 is 0.479 bits per heavy atom.